The fraction of sp³-hybridized carbons (Fsp3) is 0.0667. The van der Waals surface area contributed by atoms with Gasteiger partial charge in [0.15, 0.2) is 0 Å². The molecule has 3 rings (SSSR count). The molecule has 90 valence electrons. The van der Waals surface area contributed by atoms with E-state index in [2.05, 4.69) is 39.3 Å². The largest absolute Gasteiger partial charge is 0.343 e. The lowest BCUT2D eigenvalue weighted by Gasteiger charge is -2.05. The molecule has 0 amide bonds. The van der Waals surface area contributed by atoms with Gasteiger partial charge in [-0.15, -0.1) is 0 Å². The van der Waals surface area contributed by atoms with Gasteiger partial charge in [0, 0.05) is 21.5 Å². The molecule has 0 aliphatic rings. The van der Waals surface area contributed by atoms with Crippen molar-refractivity contribution in [2.24, 2.45) is 7.05 Å². The molecule has 0 bridgehead atoms. The summed E-state index contributed by atoms with van der Waals surface area (Å²) in [4.78, 5) is 0. The first-order valence-electron chi connectivity index (χ1n) is 5.67. The van der Waals surface area contributed by atoms with Gasteiger partial charge in [-0.2, -0.15) is 0 Å². The molecule has 0 spiro atoms. The summed E-state index contributed by atoms with van der Waals surface area (Å²) in [6, 6.07) is 14.9. The lowest BCUT2D eigenvalue weighted by molar-refractivity contribution is 0.628. The molecule has 1 nitrogen and oxygen atoms in total. The Morgan fingerprint density at radius 1 is 1.00 bits per heavy atom. The smallest absolute Gasteiger partial charge is 0.123 e. The van der Waals surface area contributed by atoms with Gasteiger partial charge in [-0.3, -0.25) is 0 Å². The van der Waals surface area contributed by atoms with Crippen molar-refractivity contribution < 1.29 is 4.39 Å². The third-order valence-electron chi connectivity index (χ3n) is 3.16. The normalized spacial score (nSPS) is 11.1. The van der Waals surface area contributed by atoms with Crippen molar-refractivity contribution in [3.05, 3.63) is 57.9 Å². The molecule has 0 aliphatic carbocycles. The van der Waals surface area contributed by atoms with Gasteiger partial charge in [0.25, 0.3) is 0 Å². The Balaban J connectivity index is 2.32. The van der Waals surface area contributed by atoms with Crippen LogP contribution in [0.2, 0.25) is 0 Å². The summed E-state index contributed by atoms with van der Waals surface area (Å²) in [5.41, 5.74) is 3.37. The topological polar surface area (TPSA) is 4.93 Å². The zero-order valence-corrected chi connectivity index (χ0v) is 12.0. The fourth-order valence-electron chi connectivity index (χ4n) is 2.28. The lowest BCUT2D eigenvalue weighted by atomic mass is 10.1. The Kier molecular flexibility index (Phi) is 2.86. The second kappa shape index (κ2) is 4.39. The third-order valence-corrected chi connectivity index (χ3v) is 4.25. The van der Waals surface area contributed by atoms with Crippen molar-refractivity contribution >= 4 is 33.5 Å². The summed E-state index contributed by atoms with van der Waals surface area (Å²) in [5.74, 6) is -0.201. The highest BCUT2D eigenvalue weighted by Gasteiger charge is 2.13. The molecule has 0 aliphatic heterocycles. The maximum Gasteiger partial charge on any atom is 0.123 e. The molecule has 3 aromatic rings. The zero-order chi connectivity index (χ0) is 12.7. The van der Waals surface area contributed by atoms with Crippen molar-refractivity contribution in [3.8, 4) is 11.3 Å². The van der Waals surface area contributed by atoms with E-state index in [1.165, 1.54) is 26.6 Å². The van der Waals surface area contributed by atoms with Crippen molar-refractivity contribution in [1.29, 1.82) is 0 Å². The molecule has 0 fully saturated rings. The first-order chi connectivity index (χ1) is 8.68. The number of aromatic nitrogens is 1. The highest BCUT2D eigenvalue weighted by atomic mass is 127. The number of benzene rings is 2. The molecular formula is C15H11FIN. The number of fused-ring (bicyclic) bond motifs is 1. The van der Waals surface area contributed by atoms with Gasteiger partial charge in [0.2, 0.25) is 0 Å². The summed E-state index contributed by atoms with van der Waals surface area (Å²) in [6.45, 7) is 0. The SMILES string of the molecule is Cn1c(-c2ccc(F)cc2)c(I)c2ccccc21. The maximum absolute atomic E-state index is 13.0. The van der Waals surface area contributed by atoms with Crippen molar-refractivity contribution in [2.75, 3.05) is 0 Å². The van der Waals surface area contributed by atoms with Crippen LogP contribution in [0.15, 0.2) is 48.5 Å². The lowest BCUT2D eigenvalue weighted by Crippen LogP contribution is -1.92. The molecule has 0 saturated carbocycles. The Morgan fingerprint density at radius 3 is 2.33 bits per heavy atom. The zero-order valence-electron chi connectivity index (χ0n) is 9.82. The van der Waals surface area contributed by atoms with Crippen LogP contribution in [0.4, 0.5) is 4.39 Å². The van der Waals surface area contributed by atoms with Crippen LogP contribution in [-0.2, 0) is 7.05 Å². The van der Waals surface area contributed by atoms with Gasteiger partial charge in [-0.1, -0.05) is 18.2 Å². The van der Waals surface area contributed by atoms with Crippen molar-refractivity contribution in [2.45, 2.75) is 0 Å². The van der Waals surface area contributed by atoms with Gasteiger partial charge < -0.3 is 4.57 Å². The molecule has 18 heavy (non-hydrogen) atoms. The number of para-hydroxylation sites is 1. The Labute approximate surface area is 118 Å². The Bertz CT molecular complexity index is 674. The molecule has 0 unspecified atom stereocenters. The predicted molar refractivity (Wildman–Crippen MR) is 81.0 cm³/mol. The molecule has 1 heterocycles. The average Bonchev–Trinajstić information content (AvgIpc) is 2.64. The maximum atomic E-state index is 13.0. The van der Waals surface area contributed by atoms with Crippen molar-refractivity contribution in [1.82, 2.24) is 4.57 Å². The van der Waals surface area contributed by atoms with Crippen LogP contribution in [0.25, 0.3) is 22.2 Å². The first kappa shape index (κ1) is 11.7. The van der Waals surface area contributed by atoms with Crippen molar-refractivity contribution in [3.63, 3.8) is 0 Å². The fourth-order valence-corrected chi connectivity index (χ4v) is 3.40. The predicted octanol–water partition coefficient (Wildman–Crippen LogP) is 4.59. The summed E-state index contributed by atoms with van der Waals surface area (Å²) in [7, 11) is 2.04. The van der Waals surface area contributed by atoms with Crippen LogP contribution in [0.5, 0.6) is 0 Å². The minimum atomic E-state index is -0.201. The van der Waals surface area contributed by atoms with Gasteiger partial charge in [-0.25, -0.2) is 4.39 Å². The molecule has 3 heteroatoms. The highest BCUT2D eigenvalue weighted by Crippen LogP contribution is 2.33. The standard InChI is InChI=1S/C15H11FIN/c1-18-13-5-3-2-4-12(13)14(17)15(18)10-6-8-11(16)9-7-10/h2-9H,1H3. The van der Waals surface area contributed by atoms with E-state index in [1.54, 1.807) is 0 Å². The number of hydrogen-bond donors (Lipinski definition) is 0. The summed E-state index contributed by atoms with van der Waals surface area (Å²) in [6.07, 6.45) is 0. The molecule has 2 aromatic carbocycles. The number of aryl methyl sites for hydroxylation is 1. The minimum absolute atomic E-state index is 0.201. The van der Waals surface area contributed by atoms with E-state index in [0.717, 1.165) is 11.3 Å². The molecule has 0 atom stereocenters. The first-order valence-corrected chi connectivity index (χ1v) is 6.75. The van der Waals surface area contributed by atoms with E-state index in [4.69, 9.17) is 0 Å². The number of rotatable bonds is 1. The summed E-state index contributed by atoms with van der Waals surface area (Å²) >= 11 is 2.36. The average molecular weight is 351 g/mol. The quantitative estimate of drug-likeness (QED) is 0.565. The van der Waals surface area contributed by atoms with Gasteiger partial charge >= 0.3 is 0 Å². The second-order valence-electron chi connectivity index (χ2n) is 4.25. The third kappa shape index (κ3) is 1.73. The molecule has 0 N–H and O–H groups in total. The summed E-state index contributed by atoms with van der Waals surface area (Å²) < 4.78 is 16.4. The van der Waals surface area contributed by atoms with E-state index in [1.807, 2.05) is 31.3 Å². The van der Waals surface area contributed by atoms with E-state index < -0.39 is 0 Å². The van der Waals surface area contributed by atoms with E-state index in [0.29, 0.717) is 0 Å². The van der Waals surface area contributed by atoms with E-state index >= 15 is 0 Å². The molecular weight excluding hydrogens is 340 g/mol. The van der Waals surface area contributed by atoms with Gasteiger partial charge in [0.1, 0.15) is 5.82 Å². The molecule has 1 aromatic heterocycles. The van der Waals surface area contributed by atoms with Crippen LogP contribution in [0.3, 0.4) is 0 Å². The summed E-state index contributed by atoms with van der Waals surface area (Å²) in [5, 5.41) is 1.24. The van der Waals surface area contributed by atoms with Crippen LogP contribution in [-0.4, -0.2) is 4.57 Å². The van der Waals surface area contributed by atoms with Crippen LogP contribution >= 0.6 is 22.6 Å². The second-order valence-corrected chi connectivity index (χ2v) is 5.32. The molecule has 0 radical (unpaired) electrons. The molecule has 0 saturated heterocycles. The van der Waals surface area contributed by atoms with E-state index in [9.17, 15) is 4.39 Å². The Hall–Kier alpha value is -1.36. The number of halogens is 2. The highest BCUT2D eigenvalue weighted by molar-refractivity contribution is 14.1. The van der Waals surface area contributed by atoms with Crippen LogP contribution < -0.4 is 0 Å². The number of hydrogen-bond acceptors (Lipinski definition) is 0. The number of nitrogens with zero attached hydrogens (tertiary/aromatic N) is 1. The van der Waals surface area contributed by atoms with Crippen LogP contribution in [0, 0.1) is 9.39 Å². The minimum Gasteiger partial charge on any atom is -0.343 e. The Morgan fingerprint density at radius 2 is 1.67 bits per heavy atom. The van der Waals surface area contributed by atoms with Gasteiger partial charge in [0.05, 0.1) is 5.69 Å². The van der Waals surface area contributed by atoms with Crippen LogP contribution in [0.1, 0.15) is 0 Å². The van der Waals surface area contributed by atoms with E-state index in [-0.39, 0.29) is 5.82 Å². The van der Waals surface area contributed by atoms with Gasteiger partial charge in [-0.05, 0) is 58.5 Å². The monoisotopic (exact) mass is 351 g/mol.